The van der Waals surface area contributed by atoms with E-state index in [0.717, 1.165) is 76.8 Å². The summed E-state index contributed by atoms with van der Waals surface area (Å²) in [6, 6.07) is 91.2. The maximum Gasteiger partial charge on any atom is 0.333 e. The van der Waals surface area contributed by atoms with Crippen molar-refractivity contribution in [1.82, 2.24) is 35.7 Å². The Balaban J connectivity index is 0.0000000830. The molecule has 0 amide bonds. The van der Waals surface area contributed by atoms with Gasteiger partial charge in [-0.2, -0.15) is 13.4 Å². The number of pyridine rings is 5. The number of benzene rings is 6. The zero-order valence-electron chi connectivity index (χ0n) is 59.0. The van der Waals surface area contributed by atoms with Crippen molar-refractivity contribution in [3.63, 3.8) is 0 Å². The molecule has 5 aliphatic rings. The Morgan fingerprint density at radius 1 is 0.359 bits per heavy atom. The Bertz CT molecular complexity index is 7060. The van der Waals surface area contributed by atoms with Gasteiger partial charge in [-0.05, 0) is 103 Å². The molecule has 14 nitrogen and oxygen atoms in total. The van der Waals surface area contributed by atoms with E-state index in [1.54, 1.807) is 0 Å². The van der Waals surface area contributed by atoms with E-state index < -0.39 is 6.98 Å². The van der Waals surface area contributed by atoms with Crippen LogP contribution in [0.2, 0.25) is 0 Å². The molecule has 6 aromatic carbocycles. The second-order valence-electron chi connectivity index (χ2n) is 27.3. The minimum Gasteiger partial charge on any atom is -0.414 e. The number of imidazole rings is 3. The molecule has 0 atom stereocenters. The molecule has 0 saturated carbocycles. The second kappa shape index (κ2) is 22.2. The third-order valence-electron chi connectivity index (χ3n) is 21.6. The lowest BCUT2D eigenvalue weighted by Crippen LogP contribution is -2.32. The summed E-state index contributed by atoms with van der Waals surface area (Å²) in [7, 11) is 2.16. The lowest BCUT2D eigenvalue weighted by molar-refractivity contribution is -0.651. The standard InChI is InChI=1S/C22H16N3.2C17H14N3.C16H11N2O.C16H11N2S/c1-2-9-17(10-3-1)25-20-14-18-11-6-7-13-23(18)22(20)24-15-16-8-4-5-12-19(16)21(24)25;2*1-18-15-11-19-9-5-4-8-14(19)16(15)20-10-12-6-2-3-7-13(12)17(18)20;2*1-2-7-13-11(5-1)10-18-15-14(19-16(13)18)9-12-6-3-4-8-17(12)15/h1-14H,15H2;2*2-9,11H,10H2,1H3;2*1-9H,10H2/q5*+1/i;1D3;;;. The van der Waals surface area contributed by atoms with Gasteiger partial charge in [0.25, 0.3) is 23.2 Å². The number of fused-ring (bicyclic) bond motifs is 35. The van der Waals surface area contributed by atoms with Crippen LogP contribution in [0.25, 0.3) is 144 Å². The van der Waals surface area contributed by atoms with E-state index in [2.05, 4.69) is 306 Å². The van der Waals surface area contributed by atoms with Crippen LogP contribution in [0.1, 0.15) is 31.9 Å². The van der Waals surface area contributed by atoms with Crippen LogP contribution in [0.5, 0.6) is 0 Å². The summed E-state index contributed by atoms with van der Waals surface area (Å²) in [4.78, 5) is 0. The number of hydrogen-bond donors (Lipinski definition) is 0. The van der Waals surface area contributed by atoms with Crippen molar-refractivity contribution >= 4 is 93.7 Å². The Hall–Kier alpha value is -13.1. The van der Waals surface area contributed by atoms with Gasteiger partial charge in [0.15, 0.2) is 21.6 Å². The van der Waals surface area contributed by atoms with Crippen LogP contribution in [0.15, 0.2) is 309 Å². The summed E-state index contributed by atoms with van der Waals surface area (Å²) in [6.07, 6.45) is 14.6. The first-order valence-electron chi connectivity index (χ1n) is 36.5. The number of para-hydroxylation sites is 1. The van der Waals surface area contributed by atoms with Gasteiger partial charge >= 0.3 is 11.3 Å². The van der Waals surface area contributed by atoms with Crippen LogP contribution >= 0.6 is 11.3 Å². The van der Waals surface area contributed by atoms with Crippen molar-refractivity contribution in [2.75, 3.05) is 0 Å². The van der Waals surface area contributed by atoms with E-state index in [-0.39, 0.29) is 0 Å². The zero-order valence-corrected chi connectivity index (χ0v) is 56.8. The Labute approximate surface area is 598 Å². The van der Waals surface area contributed by atoms with Gasteiger partial charge < -0.3 is 13.2 Å². The van der Waals surface area contributed by atoms with Gasteiger partial charge in [0.2, 0.25) is 22.4 Å². The van der Waals surface area contributed by atoms with Crippen LogP contribution in [0.4, 0.5) is 0 Å². The predicted octanol–water partition coefficient (Wildman–Crippen LogP) is 16.2. The number of aromatic nitrogens is 13. The van der Waals surface area contributed by atoms with Crippen molar-refractivity contribution in [1.29, 1.82) is 0 Å². The molecular weight excluding hydrogens is 1290 g/mol. The molecule has 0 bridgehead atoms. The Kier molecular flexibility index (Phi) is 11.8. The van der Waals surface area contributed by atoms with Gasteiger partial charge in [-0.3, -0.25) is 0 Å². The summed E-state index contributed by atoms with van der Waals surface area (Å²) in [5, 5.41) is 1.39. The Morgan fingerprint density at radius 2 is 0.806 bits per heavy atom. The fraction of sp³-hybridized carbons (Fsp3) is 0.0795. The quantitative estimate of drug-likeness (QED) is 0.151. The van der Waals surface area contributed by atoms with E-state index in [9.17, 15) is 0 Å². The number of thiazole rings is 1. The van der Waals surface area contributed by atoms with Crippen LogP contribution < -0.4 is 22.8 Å². The lowest BCUT2D eigenvalue weighted by Gasteiger charge is -2.03. The van der Waals surface area contributed by atoms with Gasteiger partial charge in [-0.25, -0.2) is 36.4 Å². The molecule has 0 saturated heterocycles. The summed E-state index contributed by atoms with van der Waals surface area (Å²) in [6.45, 7) is 2.26. The largest absolute Gasteiger partial charge is 0.414 e. The fourth-order valence-corrected chi connectivity index (χ4v) is 18.4. The van der Waals surface area contributed by atoms with E-state index >= 15 is 0 Å². The highest BCUT2D eigenvalue weighted by Crippen LogP contribution is 2.40. The molecule has 20 heterocycles. The second-order valence-corrected chi connectivity index (χ2v) is 28.3. The van der Waals surface area contributed by atoms with Gasteiger partial charge in [0.05, 0.1) is 89.0 Å². The highest BCUT2D eigenvalue weighted by Gasteiger charge is 2.39. The molecule has 5 aliphatic heterocycles. The summed E-state index contributed by atoms with van der Waals surface area (Å²) < 4.78 is 60.4. The smallest absolute Gasteiger partial charge is 0.333 e. The third-order valence-corrected chi connectivity index (χ3v) is 22.8. The molecule has 15 aromatic heterocycles. The minimum atomic E-state index is -2.22. The van der Waals surface area contributed by atoms with E-state index in [0.29, 0.717) is 6.54 Å². The first kappa shape index (κ1) is 54.8. The van der Waals surface area contributed by atoms with Crippen LogP contribution in [0, 0.1) is 0 Å². The van der Waals surface area contributed by atoms with E-state index in [1.165, 1.54) is 126 Å². The van der Waals surface area contributed by atoms with Crippen LogP contribution in [-0.4, -0.2) is 35.7 Å². The first-order chi connectivity index (χ1) is 52.1. The van der Waals surface area contributed by atoms with Crippen molar-refractivity contribution in [2.45, 2.75) is 32.7 Å². The molecule has 103 heavy (non-hydrogen) atoms. The molecule has 26 rings (SSSR count). The van der Waals surface area contributed by atoms with Gasteiger partial charge in [0.1, 0.15) is 53.1 Å². The van der Waals surface area contributed by atoms with Crippen molar-refractivity contribution in [3.05, 3.63) is 332 Å². The number of rotatable bonds is 1. The molecule has 0 N–H and O–H groups in total. The SMILES string of the molecule is Cn1c2[n+](c3c1cn1ccccc31)Cc1ccccc1-2.[2H]C([2H])([2H])n1c2[n+](c3c1cn1ccccc31)Cc1ccccc1-2.c1ccc(-n2c3[n+](c4c2cc2ccccn24)Cc2ccccc2-3)cc1.c1ccc2c(c1)C[n+]1c-2oc2cc3ccccn3c21.c1ccc2c(c1)C[n+]1c-2sc2cc3ccccn3c21. The molecule has 490 valence electrons. The third kappa shape index (κ3) is 8.51. The molecule has 0 aliphatic carbocycles. The number of aryl methyl sites for hydroxylation is 2. The monoisotopic (exact) mass is 1360 g/mol. The molecular formula is C88H66N13OS+5. The van der Waals surface area contributed by atoms with Gasteiger partial charge in [0, 0.05) is 64.0 Å². The molecule has 0 spiro atoms. The molecule has 15 heteroatoms. The highest BCUT2D eigenvalue weighted by atomic mass is 32.1. The van der Waals surface area contributed by atoms with Crippen molar-refractivity contribution in [2.24, 2.45) is 14.0 Å². The maximum atomic E-state index is 8.03. The molecule has 0 fully saturated rings. The number of oxazole rings is 1. The van der Waals surface area contributed by atoms with Crippen LogP contribution in [0.3, 0.4) is 0 Å². The first-order valence-corrected chi connectivity index (χ1v) is 35.9. The van der Waals surface area contributed by atoms with Crippen molar-refractivity contribution in [3.8, 4) is 61.9 Å². The van der Waals surface area contributed by atoms with Crippen LogP contribution in [-0.2, 0) is 46.7 Å². The number of nitrogens with zero attached hydrogens (tertiary/aromatic N) is 13. The predicted molar refractivity (Wildman–Crippen MR) is 406 cm³/mol. The summed E-state index contributed by atoms with van der Waals surface area (Å²) in [5.41, 5.74) is 30.5. The van der Waals surface area contributed by atoms with Crippen molar-refractivity contribution < 1.29 is 31.4 Å². The normalized spacial score (nSPS) is 13.5. The fourth-order valence-electron chi connectivity index (χ4n) is 17.2. The molecule has 0 unspecified atom stereocenters. The highest BCUT2D eigenvalue weighted by molar-refractivity contribution is 7.21. The average molecular weight is 1360 g/mol. The number of hydrogen-bond acceptors (Lipinski definition) is 2. The topological polar surface area (TPSA) is 69.4 Å². The lowest BCUT2D eigenvalue weighted by atomic mass is 10.1. The summed E-state index contributed by atoms with van der Waals surface area (Å²) >= 11 is 1.90. The Morgan fingerprint density at radius 3 is 1.43 bits per heavy atom. The minimum absolute atomic E-state index is 0.708. The zero-order chi connectivity index (χ0) is 70.2. The average Bonchev–Trinajstić information content (AvgIpc) is 1.56. The molecule has 21 aromatic rings. The van der Waals surface area contributed by atoms with E-state index in [1.807, 2.05) is 70.6 Å². The molecule has 0 radical (unpaired) electrons. The maximum absolute atomic E-state index is 8.03. The van der Waals surface area contributed by atoms with Gasteiger partial charge in [-0.1, -0.05) is 151 Å². The van der Waals surface area contributed by atoms with Gasteiger partial charge in [-0.15, -0.1) is 0 Å². The van der Waals surface area contributed by atoms with E-state index in [4.69, 9.17) is 8.53 Å². The summed E-state index contributed by atoms with van der Waals surface area (Å²) in [5.74, 6) is 4.33.